The molecule has 0 saturated carbocycles. The zero-order valence-corrected chi connectivity index (χ0v) is 15.8. The summed E-state index contributed by atoms with van der Waals surface area (Å²) in [7, 11) is 0. The number of carbonyl (C=O) groups is 1. The van der Waals surface area contributed by atoms with E-state index in [1.165, 1.54) is 0 Å². The van der Waals surface area contributed by atoms with Gasteiger partial charge in [-0.3, -0.25) is 4.79 Å². The smallest absolute Gasteiger partial charge is 0.251 e. The van der Waals surface area contributed by atoms with Gasteiger partial charge < -0.3 is 14.8 Å². The van der Waals surface area contributed by atoms with Crippen molar-refractivity contribution in [3.05, 3.63) is 71.8 Å². The predicted molar refractivity (Wildman–Crippen MR) is 109 cm³/mol. The summed E-state index contributed by atoms with van der Waals surface area (Å²) in [4.78, 5) is 12.3. The lowest BCUT2D eigenvalue weighted by Gasteiger charge is -2.14. The maximum Gasteiger partial charge on any atom is 0.251 e. The van der Waals surface area contributed by atoms with Gasteiger partial charge in [0.15, 0.2) is 0 Å². The van der Waals surface area contributed by atoms with Crippen LogP contribution in [0.1, 0.15) is 36.2 Å². The van der Waals surface area contributed by atoms with E-state index >= 15 is 0 Å². The Hall–Kier alpha value is -3.01. The van der Waals surface area contributed by atoms with Crippen LogP contribution >= 0.6 is 0 Å². The van der Waals surface area contributed by atoms with Crippen LogP contribution in [-0.2, 0) is 6.61 Å². The summed E-state index contributed by atoms with van der Waals surface area (Å²) in [6.45, 7) is 5.52. The molecule has 3 aromatic carbocycles. The molecule has 140 valence electrons. The molecular weight excluding hydrogens is 338 g/mol. The quantitative estimate of drug-likeness (QED) is 0.615. The first-order valence-corrected chi connectivity index (χ1v) is 9.37. The predicted octanol–water partition coefficient (Wildman–Crippen LogP) is 4.96. The first kappa shape index (κ1) is 18.8. The van der Waals surface area contributed by atoms with Crippen molar-refractivity contribution < 1.29 is 14.3 Å². The van der Waals surface area contributed by atoms with Crippen molar-refractivity contribution in [1.82, 2.24) is 5.32 Å². The van der Waals surface area contributed by atoms with Crippen LogP contribution in [0.5, 0.6) is 11.5 Å². The zero-order valence-electron chi connectivity index (χ0n) is 15.8. The van der Waals surface area contributed by atoms with Gasteiger partial charge in [0.25, 0.3) is 5.91 Å². The number of ether oxygens (including phenoxy) is 2. The molecule has 0 spiro atoms. The Morgan fingerprint density at radius 1 is 0.926 bits per heavy atom. The van der Waals surface area contributed by atoms with Crippen molar-refractivity contribution in [2.75, 3.05) is 13.2 Å². The number of hydrogen-bond acceptors (Lipinski definition) is 3. The van der Waals surface area contributed by atoms with Crippen molar-refractivity contribution in [2.24, 2.45) is 0 Å². The Bertz CT molecular complexity index is 915. The minimum atomic E-state index is -0.0775. The summed E-state index contributed by atoms with van der Waals surface area (Å²) in [5.74, 6) is 1.48. The van der Waals surface area contributed by atoms with Gasteiger partial charge in [-0.25, -0.2) is 0 Å². The summed E-state index contributed by atoms with van der Waals surface area (Å²) in [6, 6.07) is 19.6. The first-order chi connectivity index (χ1) is 13.2. The molecule has 0 atom stereocenters. The van der Waals surface area contributed by atoms with E-state index in [2.05, 4.69) is 17.4 Å². The van der Waals surface area contributed by atoms with Crippen LogP contribution in [0.25, 0.3) is 10.8 Å². The van der Waals surface area contributed by atoms with E-state index in [0.29, 0.717) is 25.3 Å². The molecule has 1 N–H and O–H groups in total. The van der Waals surface area contributed by atoms with E-state index in [4.69, 9.17) is 9.47 Å². The zero-order chi connectivity index (χ0) is 19.1. The topological polar surface area (TPSA) is 47.6 Å². The molecule has 4 nitrogen and oxygen atoms in total. The highest BCUT2D eigenvalue weighted by atomic mass is 16.5. The van der Waals surface area contributed by atoms with E-state index < -0.39 is 0 Å². The lowest BCUT2D eigenvalue weighted by atomic mass is 10.1. The molecule has 0 saturated heterocycles. The van der Waals surface area contributed by atoms with Crippen LogP contribution < -0.4 is 14.8 Å². The van der Waals surface area contributed by atoms with Crippen LogP contribution in [0.3, 0.4) is 0 Å². The fourth-order valence-electron chi connectivity index (χ4n) is 2.95. The molecule has 27 heavy (non-hydrogen) atoms. The third-order valence-corrected chi connectivity index (χ3v) is 4.29. The van der Waals surface area contributed by atoms with Crippen molar-refractivity contribution in [3.8, 4) is 11.5 Å². The molecular formula is C23H25NO3. The number of carbonyl (C=O) groups excluding carboxylic acids is 1. The molecule has 0 aliphatic heterocycles. The molecule has 0 aromatic heterocycles. The van der Waals surface area contributed by atoms with Crippen molar-refractivity contribution in [3.63, 3.8) is 0 Å². The number of benzene rings is 3. The number of nitrogens with one attached hydrogen (secondary N) is 1. The Morgan fingerprint density at radius 3 is 2.56 bits per heavy atom. The van der Waals surface area contributed by atoms with Crippen molar-refractivity contribution in [1.29, 1.82) is 0 Å². The maximum absolute atomic E-state index is 12.3. The summed E-state index contributed by atoms with van der Waals surface area (Å²) in [6.07, 6.45) is 0.903. The van der Waals surface area contributed by atoms with Gasteiger partial charge in [0.2, 0.25) is 0 Å². The van der Waals surface area contributed by atoms with E-state index in [1.54, 1.807) is 6.07 Å². The van der Waals surface area contributed by atoms with Crippen molar-refractivity contribution in [2.45, 2.75) is 26.9 Å². The number of amides is 1. The van der Waals surface area contributed by atoms with Crippen LogP contribution in [-0.4, -0.2) is 19.1 Å². The average molecular weight is 363 g/mol. The van der Waals surface area contributed by atoms with E-state index in [9.17, 15) is 4.79 Å². The average Bonchev–Trinajstić information content (AvgIpc) is 2.71. The van der Waals surface area contributed by atoms with Gasteiger partial charge in [0, 0.05) is 23.1 Å². The third-order valence-electron chi connectivity index (χ3n) is 4.29. The highest BCUT2D eigenvalue weighted by Gasteiger charge is 2.12. The van der Waals surface area contributed by atoms with Gasteiger partial charge in [-0.15, -0.1) is 0 Å². The minimum Gasteiger partial charge on any atom is -0.493 e. The lowest BCUT2D eigenvalue weighted by molar-refractivity contribution is 0.0953. The molecule has 3 rings (SSSR count). The van der Waals surface area contributed by atoms with Gasteiger partial charge in [-0.2, -0.15) is 0 Å². The normalized spacial score (nSPS) is 10.6. The lowest BCUT2D eigenvalue weighted by Crippen LogP contribution is -2.24. The Labute approximate surface area is 160 Å². The van der Waals surface area contributed by atoms with Gasteiger partial charge in [-0.05, 0) is 43.0 Å². The molecule has 4 heteroatoms. The third kappa shape index (κ3) is 4.59. The molecule has 0 bridgehead atoms. The molecule has 0 unspecified atom stereocenters. The number of fused-ring (bicyclic) bond motifs is 1. The second kappa shape index (κ2) is 9.08. The molecule has 1 amide bonds. The van der Waals surface area contributed by atoms with Gasteiger partial charge in [0.05, 0.1) is 6.61 Å². The summed E-state index contributed by atoms with van der Waals surface area (Å²) in [5.41, 5.74) is 1.47. The summed E-state index contributed by atoms with van der Waals surface area (Å²) in [5, 5.41) is 5.10. The van der Waals surface area contributed by atoms with Crippen molar-refractivity contribution >= 4 is 16.7 Å². The molecule has 0 aliphatic carbocycles. The van der Waals surface area contributed by atoms with Crippen LogP contribution in [0.15, 0.2) is 60.7 Å². The van der Waals surface area contributed by atoms with Crippen LogP contribution in [0, 0.1) is 0 Å². The first-order valence-electron chi connectivity index (χ1n) is 9.37. The minimum absolute atomic E-state index is 0.0775. The van der Waals surface area contributed by atoms with Gasteiger partial charge in [0.1, 0.15) is 18.1 Å². The molecule has 3 aromatic rings. The second-order valence-electron chi connectivity index (χ2n) is 6.28. The number of rotatable bonds is 8. The highest BCUT2D eigenvalue weighted by molar-refractivity contribution is 5.94. The van der Waals surface area contributed by atoms with E-state index in [-0.39, 0.29) is 5.91 Å². The highest BCUT2D eigenvalue weighted by Crippen LogP contribution is 2.28. The van der Waals surface area contributed by atoms with Crippen LogP contribution in [0.2, 0.25) is 0 Å². The fourth-order valence-corrected chi connectivity index (χ4v) is 2.95. The SMILES string of the molecule is CCCNC(=O)c1ccc(OCC)c(COc2cccc3ccccc23)c1. The van der Waals surface area contributed by atoms with E-state index in [1.807, 2.05) is 56.3 Å². The molecule has 0 heterocycles. The molecule has 0 radical (unpaired) electrons. The fraction of sp³-hybridized carbons (Fsp3) is 0.261. The number of hydrogen-bond donors (Lipinski definition) is 1. The van der Waals surface area contributed by atoms with Gasteiger partial charge >= 0.3 is 0 Å². The Kier molecular flexibility index (Phi) is 6.31. The summed E-state index contributed by atoms with van der Waals surface area (Å²) < 4.78 is 11.8. The molecule has 0 aliphatic rings. The largest absolute Gasteiger partial charge is 0.493 e. The van der Waals surface area contributed by atoms with Gasteiger partial charge in [-0.1, -0.05) is 43.3 Å². The van der Waals surface area contributed by atoms with E-state index in [0.717, 1.165) is 34.3 Å². The Morgan fingerprint density at radius 2 is 1.74 bits per heavy atom. The molecule has 0 fully saturated rings. The summed E-state index contributed by atoms with van der Waals surface area (Å²) >= 11 is 0. The Balaban J connectivity index is 1.84. The monoisotopic (exact) mass is 363 g/mol. The maximum atomic E-state index is 12.3. The standard InChI is InChI=1S/C23H25NO3/c1-3-14-24-23(25)18-12-13-21(26-4-2)19(15-18)16-27-22-11-7-9-17-8-5-6-10-20(17)22/h5-13,15H,3-4,14,16H2,1-2H3,(H,24,25). The van der Waals surface area contributed by atoms with Crippen LogP contribution in [0.4, 0.5) is 0 Å². The second-order valence-corrected chi connectivity index (χ2v) is 6.28.